The number of carbonyl (C=O) groups is 1. The van der Waals surface area contributed by atoms with Gasteiger partial charge in [-0.2, -0.15) is 0 Å². The van der Waals surface area contributed by atoms with Gasteiger partial charge in [0.25, 0.3) is 5.91 Å². The van der Waals surface area contributed by atoms with Crippen LogP contribution < -0.4 is 10.1 Å². The molecule has 27 heavy (non-hydrogen) atoms. The van der Waals surface area contributed by atoms with Crippen molar-refractivity contribution in [1.29, 1.82) is 0 Å². The van der Waals surface area contributed by atoms with E-state index in [2.05, 4.69) is 10.2 Å². The highest BCUT2D eigenvalue weighted by atomic mass is 19.2. The summed E-state index contributed by atoms with van der Waals surface area (Å²) < 4.78 is 31.8. The predicted molar refractivity (Wildman–Crippen MR) is 97.8 cm³/mol. The summed E-state index contributed by atoms with van der Waals surface area (Å²) in [5.41, 5.74) is 2.15. The SMILES string of the molecule is COc1ccc2c(c1)C(=O)NC1(CC2)CCN(Cc2ccc(F)c(F)c2)C1. The maximum Gasteiger partial charge on any atom is 0.252 e. The number of rotatable bonds is 3. The molecule has 0 radical (unpaired) electrons. The molecule has 1 spiro atoms. The lowest BCUT2D eigenvalue weighted by molar-refractivity contribution is 0.0901. The first-order valence-electron chi connectivity index (χ1n) is 9.14. The van der Waals surface area contributed by atoms with Crippen molar-refractivity contribution in [2.24, 2.45) is 0 Å². The highest BCUT2D eigenvalue weighted by molar-refractivity contribution is 5.97. The maximum absolute atomic E-state index is 13.5. The minimum Gasteiger partial charge on any atom is -0.497 e. The Balaban J connectivity index is 1.49. The molecule has 2 heterocycles. The van der Waals surface area contributed by atoms with Crippen LogP contribution in [0.4, 0.5) is 8.78 Å². The summed E-state index contributed by atoms with van der Waals surface area (Å²) in [5.74, 6) is -1.06. The second kappa shape index (κ2) is 6.93. The normalized spacial score (nSPS) is 22.4. The zero-order valence-corrected chi connectivity index (χ0v) is 15.2. The fourth-order valence-electron chi connectivity index (χ4n) is 4.15. The number of methoxy groups -OCH3 is 1. The monoisotopic (exact) mass is 372 g/mol. The average molecular weight is 372 g/mol. The molecule has 2 aliphatic rings. The van der Waals surface area contributed by atoms with Crippen LogP contribution in [0.25, 0.3) is 0 Å². The molecule has 1 saturated heterocycles. The Kier molecular flexibility index (Phi) is 4.60. The highest BCUT2D eigenvalue weighted by Gasteiger charge is 2.41. The molecule has 4 rings (SSSR count). The van der Waals surface area contributed by atoms with Crippen LogP contribution in [0.5, 0.6) is 5.75 Å². The van der Waals surface area contributed by atoms with E-state index in [4.69, 9.17) is 4.74 Å². The van der Waals surface area contributed by atoms with Gasteiger partial charge in [-0.1, -0.05) is 12.1 Å². The summed E-state index contributed by atoms with van der Waals surface area (Å²) in [5, 5.41) is 3.23. The van der Waals surface area contributed by atoms with E-state index >= 15 is 0 Å². The molecular weight excluding hydrogens is 350 g/mol. The van der Waals surface area contributed by atoms with Crippen molar-refractivity contribution in [3.8, 4) is 5.75 Å². The number of carbonyl (C=O) groups excluding carboxylic acids is 1. The summed E-state index contributed by atoms with van der Waals surface area (Å²) in [6.07, 6.45) is 2.51. The van der Waals surface area contributed by atoms with Gasteiger partial charge in [0.2, 0.25) is 0 Å². The summed E-state index contributed by atoms with van der Waals surface area (Å²) in [6, 6.07) is 9.64. The number of aryl methyl sites for hydroxylation is 1. The van der Waals surface area contributed by atoms with Crippen molar-refractivity contribution in [3.63, 3.8) is 0 Å². The van der Waals surface area contributed by atoms with E-state index in [0.29, 0.717) is 24.4 Å². The second-order valence-corrected chi connectivity index (χ2v) is 7.47. The molecule has 6 heteroatoms. The van der Waals surface area contributed by atoms with E-state index < -0.39 is 11.6 Å². The van der Waals surface area contributed by atoms with Crippen molar-refractivity contribution in [3.05, 3.63) is 64.7 Å². The third-order valence-electron chi connectivity index (χ3n) is 5.64. The zero-order valence-electron chi connectivity index (χ0n) is 15.2. The van der Waals surface area contributed by atoms with Gasteiger partial charge in [0, 0.05) is 25.2 Å². The topological polar surface area (TPSA) is 41.6 Å². The van der Waals surface area contributed by atoms with Gasteiger partial charge in [-0.05, 0) is 54.7 Å². The number of likely N-dealkylation sites (tertiary alicyclic amines) is 1. The predicted octanol–water partition coefficient (Wildman–Crippen LogP) is 3.29. The lowest BCUT2D eigenvalue weighted by atomic mass is 9.91. The van der Waals surface area contributed by atoms with Gasteiger partial charge < -0.3 is 10.1 Å². The Morgan fingerprint density at radius 1 is 1.15 bits per heavy atom. The molecule has 1 atom stereocenters. The summed E-state index contributed by atoms with van der Waals surface area (Å²) in [7, 11) is 1.59. The second-order valence-electron chi connectivity index (χ2n) is 7.47. The Labute approximate surface area is 157 Å². The number of nitrogens with one attached hydrogen (secondary N) is 1. The summed E-state index contributed by atoms with van der Waals surface area (Å²) >= 11 is 0. The van der Waals surface area contributed by atoms with E-state index in [1.807, 2.05) is 12.1 Å². The largest absolute Gasteiger partial charge is 0.497 e. The number of ether oxygens (including phenoxy) is 1. The Morgan fingerprint density at radius 3 is 2.78 bits per heavy atom. The molecule has 1 N–H and O–H groups in total. The molecule has 2 aliphatic heterocycles. The van der Waals surface area contributed by atoms with Gasteiger partial charge in [-0.25, -0.2) is 8.78 Å². The summed E-state index contributed by atoms with van der Waals surface area (Å²) in [4.78, 5) is 15.0. The van der Waals surface area contributed by atoms with Gasteiger partial charge in [0.15, 0.2) is 11.6 Å². The molecule has 0 aromatic heterocycles. The number of amides is 1. The first-order chi connectivity index (χ1) is 13.0. The molecular formula is C21H22F2N2O2. The molecule has 1 fully saturated rings. The van der Waals surface area contributed by atoms with Gasteiger partial charge in [-0.15, -0.1) is 0 Å². The molecule has 2 aromatic rings. The molecule has 1 unspecified atom stereocenters. The van der Waals surface area contributed by atoms with E-state index in [0.717, 1.165) is 43.0 Å². The van der Waals surface area contributed by atoms with Crippen molar-refractivity contribution in [1.82, 2.24) is 10.2 Å². The fraction of sp³-hybridized carbons (Fsp3) is 0.381. The van der Waals surface area contributed by atoms with Gasteiger partial charge in [0.05, 0.1) is 12.6 Å². The maximum atomic E-state index is 13.5. The van der Waals surface area contributed by atoms with Crippen LogP contribution >= 0.6 is 0 Å². The molecule has 0 saturated carbocycles. The Morgan fingerprint density at radius 2 is 2.00 bits per heavy atom. The number of hydrogen-bond donors (Lipinski definition) is 1. The highest BCUT2D eigenvalue weighted by Crippen LogP contribution is 2.32. The lowest BCUT2D eigenvalue weighted by Crippen LogP contribution is -2.49. The van der Waals surface area contributed by atoms with Crippen molar-refractivity contribution in [2.45, 2.75) is 31.3 Å². The van der Waals surface area contributed by atoms with Gasteiger partial charge >= 0.3 is 0 Å². The van der Waals surface area contributed by atoms with Crippen LogP contribution in [-0.4, -0.2) is 36.5 Å². The Bertz CT molecular complexity index is 886. The van der Waals surface area contributed by atoms with Crippen LogP contribution in [-0.2, 0) is 13.0 Å². The number of nitrogens with zero attached hydrogens (tertiary/aromatic N) is 1. The van der Waals surface area contributed by atoms with Crippen LogP contribution in [0.3, 0.4) is 0 Å². The van der Waals surface area contributed by atoms with Crippen LogP contribution in [0, 0.1) is 11.6 Å². The minimum atomic E-state index is -0.833. The number of halogens is 2. The van der Waals surface area contributed by atoms with Crippen LogP contribution in [0.1, 0.15) is 34.3 Å². The number of benzene rings is 2. The minimum absolute atomic E-state index is 0.0731. The van der Waals surface area contributed by atoms with E-state index in [1.54, 1.807) is 19.2 Å². The Hall–Kier alpha value is -2.47. The molecule has 4 nitrogen and oxygen atoms in total. The van der Waals surface area contributed by atoms with Crippen molar-refractivity contribution >= 4 is 5.91 Å². The number of fused-ring (bicyclic) bond motifs is 1. The third-order valence-corrected chi connectivity index (χ3v) is 5.64. The first kappa shape index (κ1) is 17.9. The smallest absolute Gasteiger partial charge is 0.252 e. The zero-order chi connectivity index (χ0) is 19.0. The van der Waals surface area contributed by atoms with Crippen LogP contribution in [0.15, 0.2) is 36.4 Å². The van der Waals surface area contributed by atoms with Crippen molar-refractivity contribution in [2.75, 3.05) is 20.2 Å². The van der Waals surface area contributed by atoms with E-state index in [9.17, 15) is 13.6 Å². The fourth-order valence-corrected chi connectivity index (χ4v) is 4.15. The van der Waals surface area contributed by atoms with Gasteiger partial charge in [0.1, 0.15) is 5.75 Å². The third kappa shape index (κ3) is 3.54. The van der Waals surface area contributed by atoms with E-state index in [-0.39, 0.29) is 11.4 Å². The molecule has 1 amide bonds. The molecule has 142 valence electrons. The molecule has 2 aromatic carbocycles. The molecule has 0 aliphatic carbocycles. The average Bonchev–Trinajstić information content (AvgIpc) is 2.99. The van der Waals surface area contributed by atoms with E-state index in [1.165, 1.54) is 6.07 Å². The number of hydrogen-bond acceptors (Lipinski definition) is 3. The lowest BCUT2D eigenvalue weighted by Gasteiger charge is -2.29. The standard InChI is InChI=1S/C21H22F2N2O2/c1-27-16-4-3-15-6-7-21(24-20(26)17(15)11-16)8-9-25(13-21)12-14-2-5-18(22)19(23)10-14/h2-5,10-11H,6-9,12-13H2,1H3,(H,24,26). The quantitative estimate of drug-likeness (QED) is 0.899. The molecule has 0 bridgehead atoms. The summed E-state index contributed by atoms with van der Waals surface area (Å²) in [6.45, 7) is 2.04. The van der Waals surface area contributed by atoms with Crippen molar-refractivity contribution < 1.29 is 18.3 Å². The first-order valence-corrected chi connectivity index (χ1v) is 9.14. The van der Waals surface area contributed by atoms with Crippen LogP contribution in [0.2, 0.25) is 0 Å². The van der Waals surface area contributed by atoms with Gasteiger partial charge in [-0.3, -0.25) is 9.69 Å².